The van der Waals surface area contributed by atoms with Gasteiger partial charge in [0.25, 0.3) is 0 Å². The van der Waals surface area contributed by atoms with Gasteiger partial charge in [0.05, 0.1) is 12.2 Å². The van der Waals surface area contributed by atoms with Gasteiger partial charge in [0.1, 0.15) is 6.61 Å². The number of nitrogens with two attached hydrogens (primary N) is 1. The van der Waals surface area contributed by atoms with Gasteiger partial charge in [0, 0.05) is 30.1 Å². The van der Waals surface area contributed by atoms with Crippen molar-refractivity contribution in [3.05, 3.63) is 89.0 Å². The summed E-state index contributed by atoms with van der Waals surface area (Å²) in [6.07, 6.45) is -0.0377. The molecule has 3 aromatic rings. The molecular formula is C28H26N2O4. The molecule has 172 valence electrons. The van der Waals surface area contributed by atoms with Gasteiger partial charge < -0.3 is 20.5 Å². The Morgan fingerprint density at radius 2 is 1.65 bits per heavy atom. The Morgan fingerprint density at radius 1 is 0.971 bits per heavy atom. The number of benzene rings is 3. The van der Waals surface area contributed by atoms with Gasteiger partial charge in [-0.2, -0.15) is 0 Å². The first-order chi connectivity index (χ1) is 16.6. The number of nitrogens with one attached hydrogen (secondary N) is 1. The number of hydrogen-bond donors (Lipinski definition) is 2. The smallest absolute Gasteiger partial charge is 0.407 e. The molecule has 6 heteroatoms. The van der Waals surface area contributed by atoms with Crippen molar-refractivity contribution >= 4 is 17.7 Å². The van der Waals surface area contributed by atoms with E-state index in [4.69, 9.17) is 15.2 Å². The number of ether oxygens (including phenoxy) is 2. The second kappa shape index (κ2) is 10.6. The first-order valence-electron chi connectivity index (χ1n) is 11.2. The number of nitrogen functional groups attached to an aromatic ring is 1. The number of rotatable bonds is 6. The Hall–Kier alpha value is -4.24. The lowest BCUT2D eigenvalue weighted by atomic mass is 9.98. The van der Waals surface area contributed by atoms with Crippen molar-refractivity contribution in [2.45, 2.75) is 19.3 Å². The number of anilines is 1. The van der Waals surface area contributed by atoms with Crippen LogP contribution in [0.15, 0.2) is 66.7 Å². The molecule has 0 spiro atoms. The minimum Gasteiger partial charge on any atom is -0.462 e. The average Bonchev–Trinajstić information content (AvgIpc) is 3.17. The van der Waals surface area contributed by atoms with Crippen molar-refractivity contribution in [2.24, 2.45) is 0 Å². The van der Waals surface area contributed by atoms with Crippen LogP contribution in [0.5, 0.6) is 0 Å². The lowest BCUT2D eigenvalue weighted by Crippen LogP contribution is -2.26. The summed E-state index contributed by atoms with van der Waals surface area (Å²) < 4.78 is 10.5. The third-order valence-corrected chi connectivity index (χ3v) is 5.64. The number of esters is 1. The summed E-state index contributed by atoms with van der Waals surface area (Å²) in [5.74, 6) is 5.51. The van der Waals surface area contributed by atoms with Gasteiger partial charge >= 0.3 is 12.1 Å². The fourth-order valence-corrected chi connectivity index (χ4v) is 4.06. The van der Waals surface area contributed by atoms with E-state index in [2.05, 4.69) is 41.4 Å². The van der Waals surface area contributed by atoms with Gasteiger partial charge in [-0.15, -0.1) is 0 Å². The molecular weight excluding hydrogens is 428 g/mol. The SMILES string of the molecule is CCOC(=O)c1cc(C#CCCNC(=O)OCC2c3ccccc3-c3ccccc32)ccc1N. The number of alkyl carbamates (subject to hydrolysis) is 1. The van der Waals surface area contributed by atoms with Crippen molar-refractivity contribution < 1.29 is 19.1 Å². The van der Waals surface area contributed by atoms with Crippen LogP contribution < -0.4 is 11.1 Å². The van der Waals surface area contributed by atoms with E-state index in [-0.39, 0.29) is 19.1 Å². The fraction of sp³-hybridized carbons (Fsp3) is 0.214. The van der Waals surface area contributed by atoms with Crippen molar-refractivity contribution in [1.82, 2.24) is 5.32 Å². The first-order valence-corrected chi connectivity index (χ1v) is 11.2. The van der Waals surface area contributed by atoms with Crippen LogP contribution in [-0.4, -0.2) is 31.8 Å². The van der Waals surface area contributed by atoms with Crippen LogP contribution in [0, 0.1) is 11.8 Å². The Morgan fingerprint density at radius 3 is 2.32 bits per heavy atom. The zero-order valence-electron chi connectivity index (χ0n) is 19.0. The summed E-state index contributed by atoms with van der Waals surface area (Å²) in [5, 5.41) is 2.74. The van der Waals surface area contributed by atoms with Gasteiger partial charge in [-0.05, 0) is 47.4 Å². The van der Waals surface area contributed by atoms with Crippen LogP contribution >= 0.6 is 0 Å². The van der Waals surface area contributed by atoms with Crippen molar-refractivity contribution in [3.8, 4) is 23.0 Å². The molecule has 4 rings (SSSR count). The molecule has 0 aromatic heterocycles. The molecule has 1 aliphatic carbocycles. The molecule has 1 aliphatic rings. The van der Waals surface area contributed by atoms with Gasteiger partial charge in [-0.25, -0.2) is 9.59 Å². The maximum atomic E-state index is 12.2. The molecule has 1 amide bonds. The predicted molar refractivity (Wildman–Crippen MR) is 131 cm³/mol. The van der Waals surface area contributed by atoms with Gasteiger partial charge in [-0.1, -0.05) is 60.4 Å². The highest BCUT2D eigenvalue weighted by molar-refractivity contribution is 5.95. The molecule has 0 radical (unpaired) electrons. The fourth-order valence-electron chi connectivity index (χ4n) is 4.06. The van der Waals surface area contributed by atoms with E-state index < -0.39 is 12.1 Å². The number of hydrogen-bond acceptors (Lipinski definition) is 5. The molecule has 34 heavy (non-hydrogen) atoms. The zero-order valence-corrected chi connectivity index (χ0v) is 19.0. The summed E-state index contributed by atoms with van der Waals surface area (Å²) in [6.45, 7) is 2.63. The largest absolute Gasteiger partial charge is 0.462 e. The van der Waals surface area contributed by atoms with E-state index in [1.54, 1.807) is 25.1 Å². The molecule has 0 fully saturated rings. The number of fused-ring (bicyclic) bond motifs is 3. The molecule has 3 aromatic carbocycles. The summed E-state index contributed by atoms with van der Waals surface area (Å²) in [5.41, 5.74) is 11.9. The predicted octanol–water partition coefficient (Wildman–Crippen LogP) is 4.73. The summed E-state index contributed by atoms with van der Waals surface area (Å²) >= 11 is 0. The minimum atomic E-state index is -0.472. The minimum absolute atomic E-state index is 0.0250. The molecule has 0 saturated carbocycles. The lowest BCUT2D eigenvalue weighted by Gasteiger charge is -2.14. The molecule has 0 unspecified atom stereocenters. The third kappa shape index (κ3) is 5.05. The molecule has 0 bridgehead atoms. The van der Waals surface area contributed by atoms with E-state index in [0.717, 1.165) is 0 Å². The Kier molecular flexibility index (Phi) is 7.14. The van der Waals surface area contributed by atoms with Crippen LogP contribution in [0.4, 0.5) is 10.5 Å². The van der Waals surface area contributed by atoms with E-state index >= 15 is 0 Å². The van der Waals surface area contributed by atoms with Crippen LogP contribution in [-0.2, 0) is 9.47 Å². The summed E-state index contributed by atoms with van der Waals surface area (Å²) in [7, 11) is 0. The quantitative estimate of drug-likeness (QED) is 0.243. The van der Waals surface area contributed by atoms with Crippen LogP contribution in [0.2, 0.25) is 0 Å². The van der Waals surface area contributed by atoms with E-state index in [1.165, 1.54) is 22.3 Å². The van der Waals surface area contributed by atoms with E-state index in [1.807, 2.05) is 24.3 Å². The highest BCUT2D eigenvalue weighted by Crippen LogP contribution is 2.44. The highest BCUT2D eigenvalue weighted by Gasteiger charge is 2.28. The number of carbonyl (C=O) groups is 2. The zero-order chi connectivity index (χ0) is 23.9. The molecule has 0 saturated heterocycles. The standard InChI is InChI=1S/C28H26N2O4/c1-2-33-27(31)24-17-19(14-15-26(24)29)9-7-8-16-30-28(32)34-18-25-22-12-5-3-10-20(22)21-11-4-6-13-23(21)25/h3-6,10-15,17,25H,2,8,16,18,29H2,1H3,(H,30,32). The topological polar surface area (TPSA) is 90.6 Å². The average molecular weight is 455 g/mol. The van der Waals surface area contributed by atoms with Crippen molar-refractivity contribution in [3.63, 3.8) is 0 Å². The molecule has 0 aliphatic heterocycles. The van der Waals surface area contributed by atoms with E-state index in [0.29, 0.717) is 29.8 Å². The number of amides is 1. The van der Waals surface area contributed by atoms with E-state index in [9.17, 15) is 9.59 Å². The third-order valence-electron chi connectivity index (χ3n) is 5.64. The van der Waals surface area contributed by atoms with Gasteiger partial charge in [-0.3, -0.25) is 0 Å². The van der Waals surface area contributed by atoms with Gasteiger partial charge in [0.15, 0.2) is 0 Å². The molecule has 6 nitrogen and oxygen atoms in total. The Bertz CT molecular complexity index is 1230. The summed E-state index contributed by atoms with van der Waals surface area (Å²) in [4.78, 5) is 24.2. The Balaban J connectivity index is 1.28. The monoisotopic (exact) mass is 454 g/mol. The molecule has 0 heterocycles. The maximum absolute atomic E-state index is 12.2. The van der Waals surface area contributed by atoms with Crippen LogP contribution in [0.3, 0.4) is 0 Å². The Labute approximate surface area is 199 Å². The maximum Gasteiger partial charge on any atom is 0.407 e. The molecule has 0 atom stereocenters. The van der Waals surface area contributed by atoms with Crippen LogP contribution in [0.25, 0.3) is 11.1 Å². The highest BCUT2D eigenvalue weighted by atomic mass is 16.5. The number of carbonyl (C=O) groups excluding carboxylic acids is 2. The molecule has 3 N–H and O–H groups in total. The first kappa shape index (κ1) is 22.9. The second-order valence-corrected chi connectivity index (χ2v) is 7.83. The van der Waals surface area contributed by atoms with Crippen molar-refractivity contribution in [1.29, 1.82) is 0 Å². The summed E-state index contributed by atoms with van der Waals surface area (Å²) in [6, 6.07) is 21.4. The van der Waals surface area contributed by atoms with Crippen molar-refractivity contribution in [2.75, 3.05) is 25.5 Å². The van der Waals surface area contributed by atoms with Gasteiger partial charge in [0.2, 0.25) is 0 Å². The normalized spacial score (nSPS) is 11.6. The van der Waals surface area contributed by atoms with Crippen LogP contribution in [0.1, 0.15) is 46.3 Å². The second-order valence-electron chi connectivity index (χ2n) is 7.83. The lowest BCUT2D eigenvalue weighted by molar-refractivity contribution is 0.0527.